The molecule has 1 aromatic heterocycles. The lowest BCUT2D eigenvalue weighted by molar-refractivity contribution is -0.137. The van der Waals surface area contributed by atoms with Gasteiger partial charge in [-0.3, -0.25) is 14.6 Å². The molecule has 1 aliphatic carbocycles. The van der Waals surface area contributed by atoms with Gasteiger partial charge in [0.15, 0.2) is 5.82 Å². The molecule has 0 N–H and O–H groups in total. The molecule has 0 unspecified atom stereocenters. The first-order chi connectivity index (χ1) is 17.3. The predicted octanol–water partition coefficient (Wildman–Crippen LogP) is 3.29. The van der Waals surface area contributed by atoms with Gasteiger partial charge in [0, 0.05) is 64.0 Å². The van der Waals surface area contributed by atoms with Crippen molar-refractivity contribution in [2.45, 2.75) is 38.4 Å². The Morgan fingerprint density at radius 3 is 2.25 bits per heavy atom. The number of piperazine rings is 2. The van der Waals surface area contributed by atoms with Crippen molar-refractivity contribution in [2.75, 3.05) is 63.8 Å². The van der Waals surface area contributed by atoms with Gasteiger partial charge in [0.2, 0.25) is 5.91 Å². The minimum atomic E-state index is -4.40. The lowest BCUT2D eigenvalue weighted by atomic mass is 9.91. The number of carbonyl (C=O) groups is 1. The van der Waals surface area contributed by atoms with Crippen LogP contribution in [-0.2, 0) is 11.0 Å². The number of hydrogen-bond donors (Lipinski definition) is 0. The number of anilines is 1. The third kappa shape index (κ3) is 5.64. The van der Waals surface area contributed by atoms with Gasteiger partial charge in [0.25, 0.3) is 0 Å². The van der Waals surface area contributed by atoms with Crippen LogP contribution in [0.5, 0.6) is 0 Å². The molecule has 0 atom stereocenters. The van der Waals surface area contributed by atoms with Crippen molar-refractivity contribution in [3.8, 4) is 11.3 Å². The molecular formula is C26H33F3N6O. The largest absolute Gasteiger partial charge is 0.416 e. The highest BCUT2D eigenvalue weighted by Crippen LogP contribution is 2.33. The van der Waals surface area contributed by atoms with Gasteiger partial charge >= 0.3 is 6.18 Å². The molecule has 0 radical (unpaired) electrons. The number of amides is 1. The minimum absolute atomic E-state index is 0.206. The summed E-state index contributed by atoms with van der Waals surface area (Å²) in [6.45, 7) is 8.65. The lowest BCUT2D eigenvalue weighted by Gasteiger charge is -2.43. The summed E-state index contributed by atoms with van der Waals surface area (Å²) in [7, 11) is 0. The molecule has 1 saturated carbocycles. The van der Waals surface area contributed by atoms with Gasteiger partial charge in [-0.15, -0.1) is 10.2 Å². The number of alkyl halides is 3. The van der Waals surface area contributed by atoms with Gasteiger partial charge in [-0.05, 0) is 55.7 Å². The molecule has 1 aromatic carbocycles. The number of nitrogens with zero attached hydrogens (tertiary/aromatic N) is 6. The zero-order valence-electron chi connectivity index (χ0n) is 20.7. The van der Waals surface area contributed by atoms with Gasteiger partial charge in [-0.2, -0.15) is 13.2 Å². The average molecular weight is 503 g/mol. The summed E-state index contributed by atoms with van der Waals surface area (Å²) in [5.41, 5.74) is 0.652. The zero-order valence-corrected chi connectivity index (χ0v) is 20.7. The van der Waals surface area contributed by atoms with E-state index < -0.39 is 11.7 Å². The second-order valence-electron chi connectivity index (χ2n) is 10.1. The Balaban J connectivity index is 1.12. The quantitative estimate of drug-likeness (QED) is 0.626. The Bertz CT molecular complexity index is 1060. The maximum Gasteiger partial charge on any atom is 0.416 e. The Morgan fingerprint density at radius 1 is 0.944 bits per heavy atom. The summed E-state index contributed by atoms with van der Waals surface area (Å²) < 4.78 is 39.5. The molecule has 3 heterocycles. The van der Waals surface area contributed by atoms with E-state index in [1.807, 2.05) is 4.90 Å². The molecule has 2 aliphatic heterocycles. The van der Waals surface area contributed by atoms with Crippen molar-refractivity contribution in [2.24, 2.45) is 0 Å². The number of hydrogen-bond acceptors (Lipinski definition) is 6. The predicted molar refractivity (Wildman–Crippen MR) is 132 cm³/mol. The van der Waals surface area contributed by atoms with Crippen LogP contribution < -0.4 is 4.90 Å². The maximum atomic E-state index is 13.2. The highest BCUT2D eigenvalue weighted by atomic mass is 19.4. The van der Waals surface area contributed by atoms with E-state index in [1.165, 1.54) is 19.3 Å². The van der Waals surface area contributed by atoms with Gasteiger partial charge in [-0.25, -0.2) is 0 Å². The number of aryl methyl sites for hydroxylation is 1. The van der Waals surface area contributed by atoms with Crippen LogP contribution in [0.4, 0.5) is 19.0 Å². The van der Waals surface area contributed by atoms with Crippen LogP contribution in [0.3, 0.4) is 0 Å². The fraction of sp³-hybridized carbons (Fsp3) is 0.577. The Morgan fingerprint density at radius 2 is 1.67 bits per heavy atom. The van der Waals surface area contributed by atoms with Crippen molar-refractivity contribution in [3.05, 3.63) is 41.5 Å². The average Bonchev–Trinajstić information content (AvgIpc) is 2.83. The Labute approximate surface area is 209 Å². The van der Waals surface area contributed by atoms with Crippen LogP contribution >= 0.6 is 0 Å². The van der Waals surface area contributed by atoms with Crippen LogP contribution in [0.15, 0.2) is 30.3 Å². The molecule has 3 fully saturated rings. The lowest BCUT2D eigenvalue weighted by Crippen LogP contribution is -2.56. The van der Waals surface area contributed by atoms with Gasteiger partial charge in [0.1, 0.15) is 0 Å². The van der Waals surface area contributed by atoms with Gasteiger partial charge in [0.05, 0.1) is 17.8 Å². The summed E-state index contributed by atoms with van der Waals surface area (Å²) in [5.74, 6) is 0.901. The molecule has 3 aliphatic rings. The first-order valence-electron chi connectivity index (χ1n) is 12.8. The maximum absolute atomic E-state index is 13.2. The van der Waals surface area contributed by atoms with Crippen LogP contribution in [0.1, 0.15) is 30.4 Å². The van der Waals surface area contributed by atoms with Crippen molar-refractivity contribution in [3.63, 3.8) is 0 Å². The van der Waals surface area contributed by atoms with Crippen molar-refractivity contribution < 1.29 is 18.0 Å². The summed E-state index contributed by atoms with van der Waals surface area (Å²) in [6.07, 6.45) is -0.465. The smallest absolute Gasteiger partial charge is 0.353 e. The first-order valence-corrected chi connectivity index (χ1v) is 12.8. The third-order valence-electron chi connectivity index (χ3n) is 7.66. The van der Waals surface area contributed by atoms with E-state index in [1.54, 1.807) is 25.1 Å². The molecule has 2 aromatic rings. The fourth-order valence-corrected chi connectivity index (χ4v) is 5.26. The Hall–Kier alpha value is -2.72. The minimum Gasteiger partial charge on any atom is -0.353 e. The fourth-order valence-electron chi connectivity index (χ4n) is 5.26. The SMILES string of the molecule is Cc1cc(-c2ccc(N3CCN(CC(=O)N4CCN(C5CCC5)CC4)CC3)nn2)cc(C(F)(F)F)c1. The zero-order chi connectivity index (χ0) is 25.3. The van der Waals surface area contributed by atoms with E-state index >= 15 is 0 Å². The second-order valence-corrected chi connectivity index (χ2v) is 10.1. The standard InChI is InChI=1S/C26H33F3N6O/c1-19-15-20(17-21(16-19)26(27,28)29)23-5-6-24(31-30-23)34-9-7-32(8-10-34)18-25(36)35-13-11-33(12-14-35)22-3-2-4-22/h5-6,15-17,22H,2-4,7-14,18H2,1H3. The van der Waals surface area contributed by atoms with Crippen molar-refractivity contribution in [1.29, 1.82) is 0 Å². The van der Waals surface area contributed by atoms with Crippen LogP contribution in [0, 0.1) is 6.92 Å². The van der Waals surface area contributed by atoms with Crippen LogP contribution in [0.25, 0.3) is 11.3 Å². The van der Waals surface area contributed by atoms with Gasteiger partial charge < -0.3 is 9.80 Å². The molecule has 194 valence electrons. The number of halogens is 3. The highest BCUT2D eigenvalue weighted by Gasteiger charge is 2.32. The number of aromatic nitrogens is 2. The van der Waals surface area contributed by atoms with E-state index in [9.17, 15) is 18.0 Å². The molecule has 1 amide bonds. The summed E-state index contributed by atoms with van der Waals surface area (Å²) in [5, 5.41) is 8.50. The van der Waals surface area contributed by atoms with Crippen LogP contribution in [0.2, 0.25) is 0 Å². The summed E-state index contributed by atoms with van der Waals surface area (Å²) >= 11 is 0. The number of rotatable bonds is 5. The molecule has 5 rings (SSSR count). The topological polar surface area (TPSA) is 55.8 Å². The molecule has 7 nitrogen and oxygen atoms in total. The highest BCUT2D eigenvalue weighted by molar-refractivity contribution is 5.78. The molecular weight excluding hydrogens is 469 g/mol. The summed E-state index contributed by atoms with van der Waals surface area (Å²) in [4.78, 5) is 21.6. The third-order valence-corrected chi connectivity index (χ3v) is 7.66. The van der Waals surface area contributed by atoms with E-state index in [-0.39, 0.29) is 5.91 Å². The van der Waals surface area contributed by atoms with Gasteiger partial charge in [-0.1, -0.05) is 6.42 Å². The van der Waals surface area contributed by atoms with Crippen molar-refractivity contribution in [1.82, 2.24) is 24.9 Å². The van der Waals surface area contributed by atoms with E-state index in [0.29, 0.717) is 29.2 Å². The molecule has 0 spiro atoms. The first kappa shape index (κ1) is 25.0. The molecule has 36 heavy (non-hydrogen) atoms. The second kappa shape index (κ2) is 10.3. The molecule has 2 saturated heterocycles. The Kier molecular flexibility index (Phi) is 7.16. The van der Waals surface area contributed by atoms with Crippen LogP contribution in [-0.4, -0.2) is 95.7 Å². The molecule has 10 heteroatoms. The number of benzene rings is 1. The van der Waals surface area contributed by atoms with E-state index in [4.69, 9.17) is 0 Å². The van der Waals surface area contributed by atoms with E-state index in [2.05, 4.69) is 24.9 Å². The summed E-state index contributed by atoms with van der Waals surface area (Å²) in [6, 6.07) is 8.19. The number of carbonyl (C=O) groups excluding carboxylic acids is 1. The van der Waals surface area contributed by atoms with Crippen molar-refractivity contribution >= 4 is 11.7 Å². The molecule has 0 bridgehead atoms. The normalized spacial score (nSPS) is 20.4. The van der Waals surface area contributed by atoms with E-state index in [0.717, 1.165) is 70.5 Å². The monoisotopic (exact) mass is 502 g/mol.